The molecular weight excluding hydrogens is 298 g/mol. The highest BCUT2D eigenvalue weighted by Gasteiger charge is 2.22. The fraction of sp³-hybridized carbons (Fsp3) is 0.0500. The largest absolute Gasteiger partial charge is 0.497 e. The summed E-state index contributed by atoms with van der Waals surface area (Å²) in [5.41, 5.74) is 9.36. The third-order valence-electron chi connectivity index (χ3n) is 4.16. The number of nitrogens with zero attached hydrogens (tertiary/aromatic N) is 2. The van der Waals surface area contributed by atoms with Crippen LogP contribution in [0.5, 0.6) is 5.75 Å². The van der Waals surface area contributed by atoms with Crippen molar-refractivity contribution in [1.29, 1.82) is 0 Å². The van der Waals surface area contributed by atoms with Crippen molar-refractivity contribution in [3.63, 3.8) is 0 Å². The van der Waals surface area contributed by atoms with Crippen LogP contribution in [0.15, 0.2) is 72.4 Å². The van der Waals surface area contributed by atoms with Crippen LogP contribution in [-0.4, -0.2) is 18.1 Å². The van der Waals surface area contributed by atoms with Crippen molar-refractivity contribution in [3.8, 4) is 28.0 Å². The van der Waals surface area contributed by atoms with Gasteiger partial charge in [-0.1, -0.05) is 49.0 Å². The third-order valence-corrected chi connectivity index (χ3v) is 4.16. The normalized spacial score (nSPS) is 12.6. The van der Waals surface area contributed by atoms with E-state index in [1.165, 1.54) is 0 Å². The average Bonchev–Trinajstić information content (AvgIpc) is 3.03. The Kier molecular flexibility index (Phi) is 3.43. The predicted molar refractivity (Wildman–Crippen MR) is 98.7 cm³/mol. The lowest BCUT2D eigenvalue weighted by molar-refractivity contribution is 0.415. The quantitative estimate of drug-likeness (QED) is 0.778. The number of ether oxygens (including phenoxy) is 1. The summed E-state index contributed by atoms with van der Waals surface area (Å²) >= 11 is 0. The van der Waals surface area contributed by atoms with E-state index >= 15 is 0 Å². The van der Waals surface area contributed by atoms with E-state index in [1.54, 1.807) is 13.4 Å². The lowest BCUT2D eigenvalue weighted by Gasteiger charge is -2.15. The second-order valence-electron chi connectivity index (χ2n) is 5.56. The summed E-state index contributed by atoms with van der Waals surface area (Å²) < 4.78 is 7.25. The second kappa shape index (κ2) is 5.74. The summed E-state index contributed by atoms with van der Waals surface area (Å²) in [6, 6.07) is 18.4. The molecule has 3 aromatic rings. The molecule has 0 unspecified atom stereocenters. The van der Waals surface area contributed by atoms with Gasteiger partial charge < -0.3 is 4.74 Å². The smallest absolute Gasteiger partial charge is 0.118 e. The minimum atomic E-state index is 0.738. The number of methoxy groups -OCH3 is 1. The molecule has 2 aromatic carbocycles. The number of rotatable bonds is 3. The zero-order valence-corrected chi connectivity index (χ0v) is 13.4. The lowest BCUT2D eigenvalue weighted by atomic mass is 9.96. The maximum atomic E-state index is 5.28. The van der Waals surface area contributed by atoms with Crippen molar-refractivity contribution in [1.82, 2.24) is 4.68 Å². The summed E-state index contributed by atoms with van der Waals surface area (Å²) in [5.74, 6) is 0.836. The number of fused-ring (bicyclic) bond motifs is 1. The minimum absolute atomic E-state index is 0.738. The van der Waals surface area contributed by atoms with Gasteiger partial charge in [0.25, 0.3) is 0 Å². The van der Waals surface area contributed by atoms with Gasteiger partial charge in [0.1, 0.15) is 12.1 Å². The molecule has 1 aliphatic rings. The topological polar surface area (TPSA) is 38.5 Å². The average molecular weight is 315 g/mol. The van der Waals surface area contributed by atoms with Crippen LogP contribution >= 0.6 is 0 Å². The highest BCUT2D eigenvalue weighted by atomic mass is 16.5. The molecule has 2 heterocycles. The molecule has 0 radical (unpaired) electrons. The first-order valence-corrected chi connectivity index (χ1v) is 7.71. The van der Waals surface area contributed by atoms with Crippen molar-refractivity contribution >= 4 is 12.0 Å². The van der Waals surface area contributed by atoms with E-state index in [0.29, 0.717) is 0 Å². The Bertz CT molecular complexity index is 922. The van der Waals surface area contributed by atoms with E-state index in [4.69, 9.17) is 4.74 Å². The number of benzene rings is 2. The van der Waals surface area contributed by atoms with Crippen LogP contribution in [0, 0.1) is 0 Å². The van der Waals surface area contributed by atoms with Crippen LogP contribution in [0.3, 0.4) is 0 Å². The highest BCUT2D eigenvalue weighted by Crippen LogP contribution is 2.40. The number of aromatic nitrogens is 1. The summed E-state index contributed by atoms with van der Waals surface area (Å²) in [5, 5.41) is 0. The zero-order valence-electron chi connectivity index (χ0n) is 13.4. The van der Waals surface area contributed by atoms with E-state index in [-0.39, 0.29) is 0 Å². The molecule has 0 amide bonds. The standard InChI is InChI=1S/C20H17N3O/c1-14-20-19(16-8-10-17(24-2)11-9-16)18(12-23(20)22-13-21-14)15-6-4-3-5-7-15/h3-13H,1H2,2H3,(H,21,22). The molecule has 118 valence electrons. The Morgan fingerprint density at radius 3 is 2.46 bits per heavy atom. The molecule has 4 heteroatoms. The van der Waals surface area contributed by atoms with E-state index < -0.39 is 0 Å². The molecule has 0 spiro atoms. The van der Waals surface area contributed by atoms with Gasteiger partial charge in [0.15, 0.2) is 0 Å². The maximum Gasteiger partial charge on any atom is 0.118 e. The van der Waals surface area contributed by atoms with Crippen molar-refractivity contribution in [2.45, 2.75) is 0 Å². The van der Waals surface area contributed by atoms with Gasteiger partial charge in [-0.3, -0.25) is 10.1 Å². The SMILES string of the molecule is C=C1N=CNn2cc(-c3ccccc3)c(-c3ccc(OC)cc3)c21. The molecule has 0 fully saturated rings. The van der Waals surface area contributed by atoms with Crippen molar-refractivity contribution < 1.29 is 4.74 Å². The van der Waals surface area contributed by atoms with Crippen LogP contribution in [0.25, 0.3) is 28.0 Å². The van der Waals surface area contributed by atoms with Gasteiger partial charge in [-0.05, 0) is 23.3 Å². The van der Waals surface area contributed by atoms with Gasteiger partial charge in [0, 0.05) is 17.3 Å². The van der Waals surface area contributed by atoms with Crippen LogP contribution in [-0.2, 0) is 0 Å². The van der Waals surface area contributed by atoms with Gasteiger partial charge in [-0.15, -0.1) is 0 Å². The summed E-state index contributed by atoms with van der Waals surface area (Å²) in [6.45, 7) is 4.10. The van der Waals surface area contributed by atoms with Crippen molar-refractivity contribution in [2.24, 2.45) is 4.99 Å². The fourth-order valence-electron chi connectivity index (χ4n) is 3.01. The Balaban J connectivity index is 1.96. The molecule has 0 atom stereocenters. The van der Waals surface area contributed by atoms with Gasteiger partial charge in [-0.2, -0.15) is 0 Å². The van der Waals surface area contributed by atoms with Crippen molar-refractivity contribution in [3.05, 3.63) is 73.1 Å². The Morgan fingerprint density at radius 2 is 1.75 bits per heavy atom. The molecule has 0 bridgehead atoms. The number of aliphatic imine (C=N–C) groups is 1. The highest BCUT2D eigenvalue weighted by molar-refractivity contribution is 5.94. The molecule has 4 nitrogen and oxygen atoms in total. The monoisotopic (exact) mass is 315 g/mol. The van der Waals surface area contributed by atoms with Crippen LogP contribution < -0.4 is 10.2 Å². The van der Waals surface area contributed by atoms with E-state index in [1.807, 2.05) is 35.0 Å². The van der Waals surface area contributed by atoms with E-state index in [0.717, 1.165) is 39.4 Å². The van der Waals surface area contributed by atoms with Crippen LogP contribution in [0.1, 0.15) is 5.69 Å². The first kappa shape index (κ1) is 14.3. The molecule has 0 aliphatic carbocycles. The van der Waals surface area contributed by atoms with Gasteiger partial charge >= 0.3 is 0 Å². The summed E-state index contributed by atoms with van der Waals surface area (Å²) in [7, 11) is 1.67. The Labute approximate surface area is 140 Å². The molecular formula is C20H17N3O. The second-order valence-corrected chi connectivity index (χ2v) is 5.56. The molecule has 24 heavy (non-hydrogen) atoms. The molecule has 1 aromatic heterocycles. The predicted octanol–water partition coefficient (Wildman–Crippen LogP) is 4.39. The number of nitrogens with one attached hydrogen (secondary N) is 1. The Morgan fingerprint density at radius 1 is 1.00 bits per heavy atom. The minimum Gasteiger partial charge on any atom is -0.497 e. The van der Waals surface area contributed by atoms with Gasteiger partial charge in [0.2, 0.25) is 0 Å². The first-order valence-electron chi connectivity index (χ1n) is 7.71. The Hall–Kier alpha value is -3.27. The third kappa shape index (κ3) is 2.29. The molecule has 4 rings (SSSR count). The van der Waals surface area contributed by atoms with Crippen LogP contribution in [0.4, 0.5) is 0 Å². The molecule has 0 saturated carbocycles. The number of hydrogen-bond donors (Lipinski definition) is 1. The van der Waals surface area contributed by atoms with Gasteiger partial charge in [0.05, 0.1) is 18.5 Å². The van der Waals surface area contributed by atoms with E-state index in [2.05, 4.69) is 47.5 Å². The van der Waals surface area contributed by atoms with Crippen molar-refractivity contribution in [2.75, 3.05) is 12.5 Å². The maximum absolute atomic E-state index is 5.28. The molecule has 1 aliphatic heterocycles. The first-order chi connectivity index (χ1) is 11.8. The van der Waals surface area contributed by atoms with Gasteiger partial charge in [-0.25, -0.2) is 4.99 Å². The molecule has 1 N–H and O–H groups in total. The van der Waals surface area contributed by atoms with Crippen LogP contribution in [0.2, 0.25) is 0 Å². The fourth-order valence-corrected chi connectivity index (χ4v) is 3.01. The lowest BCUT2D eigenvalue weighted by Crippen LogP contribution is -2.17. The zero-order chi connectivity index (χ0) is 16.5. The molecule has 0 saturated heterocycles. The number of hydrogen-bond acceptors (Lipinski definition) is 3. The summed E-state index contributed by atoms with van der Waals surface area (Å²) in [6.07, 6.45) is 3.74. The summed E-state index contributed by atoms with van der Waals surface area (Å²) in [4.78, 5) is 4.32. The van der Waals surface area contributed by atoms with E-state index in [9.17, 15) is 0 Å².